The Kier molecular flexibility index (Phi) is 7.45. The first-order chi connectivity index (χ1) is 15.3. The summed E-state index contributed by atoms with van der Waals surface area (Å²) in [7, 11) is 1.06. The molecule has 0 N–H and O–H groups in total. The second-order valence-corrected chi connectivity index (χ2v) is 12.0. The van der Waals surface area contributed by atoms with E-state index < -0.39 is 0 Å². The Morgan fingerprint density at radius 1 is 0.875 bits per heavy atom. The number of hydrogen-bond acceptors (Lipinski definition) is 2. The number of hydrogen-bond donors (Lipinski definition) is 0. The lowest BCUT2D eigenvalue weighted by Crippen LogP contribution is -2.44. The first kappa shape index (κ1) is 23.9. The summed E-state index contributed by atoms with van der Waals surface area (Å²) in [4.78, 5) is 0. The summed E-state index contributed by atoms with van der Waals surface area (Å²) >= 11 is 0. The van der Waals surface area contributed by atoms with Gasteiger partial charge in [-0.05, 0) is 63.5 Å². The molecule has 2 saturated heterocycles. The van der Waals surface area contributed by atoms with Gasteiger partial charge in [-0.2, -0.15) is 0 Å². The fraction of sp³-hybridized carbons (Fsp3) is 0.586. The monoisotopic (exact) mass is 452 g/mol. The quantitative estimate of drug-likeness (QED) is 0.424. The van der Waals surface area contributed by atoms with Crippen molar-refractivity contribution in [3.8, 4) is 11.1 Å². The van der Waals surface area contributed by atoms with Gasteiger partial charge >= 0.3 is 0 Å². The second-order valence-electron chi connectivity index (χ2n) is 10.5. The third-order valence-corrected chi connectivity index (χ3v) is 8.38. The molecule has 2 fully saturated rings. The predicted octanol–water partition coefficient (Wildman–Crippen LogP) is 8.37. The highest BCUT2D eigenvalue weighted by Crippen LogP contribution is 2.46. The summed E-state index contributed by atoms with van der Waals surface area (Å²) in [6.45, 7) is 14.7. The molecule has 0 saturated carbocycles. The smallest absolute Gasteiger partial charge is 0.169 e. The second kappa shape index (κ2) is 9.96. The van der Waals surface area contributed by atoms with Crippen molar-refractivity contribution in [3.63, 3.8) is 0 Å². The Hall–Kier alpha value is -1.21. The zero-order chi connectivity index (χ0) is 22.9. The van der Waals surface area contributed by atoms with Crippen molar-refractivity contribution >= 4 is 8.58 Å². The zero-order valence-electron chi connectivity index (χ0n) is 20.8. The van der Waals surface area contributed by atoms with E-state index in [1.807, 2.05) is 0 Å². The summed E-state index contributed by atoms with van der Waals surface area (Å²) in [6.07, 6.45) is 5.59. The molecule has 1 atom stereocenters. The van der Waals surface area contributed by atoms with Crippen LogP contribution in [0.1, 0.15) is 107 Å². The van der Waals surface area contributed by atoms with Crippen LogP contribution >= 0.6 is 8.58 Å². The standard InChI is InChI=1S/C29H41O2P/c1-19(2)22-17-25(20(3)4)28(26(18-22)21(5)6)24-10-8-7-9-23(24)27-11-14-30-29(31-27)12-15-32-16-13-29/h7-10,17-21,27,32H,11-16H2,1-6H3. The summed E-state index contributed by atoms with van der Waals surface area (Å²) in [5, 5.41) is 0. The Balaban J connectivity index is 1.83. The molecule has 2 heterocycles. The van der Waals surface area contributed by atoms with Crippen LogP contribution < -0.4 is 0 Å². The molecule has 0 bridgehead atoms. The van der Waals surface area contributed by atoms with Crippen LogP contribution in [0.4, 0.5) is 0 Å². The maximum atomic E-state index is 6.81. The molecule has 2 aromatic rings. The maximum absolute atomic E-state index is 6.81. The number of ether oxygens (including phenoxy) is 2. The van der Waals surface area contributed by atoms with Crippen molar-refractivity contribution in [1.82, 2.24) is 0 Å². The SMILES string of the molecule is CC(C)c1cc(C(C)C)c(-c2ccccc2C2CCOC3(CCPCC3)O2)c(C(C)C)c1. The van der Waals surface area contributed by atoms with E-state index in [1.165, 1.54) is 45.7 Å². The molecular formula is C29H41O2P. The van der Waals surface area contributed by atoms with Crippen LogP contribution in [0, 0.1) is 0 Å². The summed E-state index contributed by atoms with van der Waals surface area (Å²) in [5.74, 6) is 1.11. The van der Waals surface area contributed by atoms with E-state index in [0.29, 0.717) is 17.8 Å². The van der Waals surface area contributed by atoms with E-state index in [2.05, 4.69) is 77.9 Å². The normalized spacial score (nSPS) is 24.8. The lowest BCUT2D eigenvalue weighted by atomic mass is 9.80. The molecule has 32 heavy (non-hydrogen) atoms. The molecule has 3 heteroatoms. The van der Waals surface area contributed by atoms with Gasteiger partial charge in [-0.3, -0.25) is 0 Å². The van der Waals surface area contributed by atoms with Crippen LogP contribution in [0.25, 0.3) is 11.1 Å². The third kappa shape index (κ3) is 4.84. The Bertz CT molecular complexity index is 890. The minimum absolute atomic E-state index is 0.103. The highest BCUT2D eigenvalue weighted by molar-refractivity contribution is 7.38. The largest absolute Gasteiger partial charge is 0.350 e. The number of rotatable bonds is 5. The van der Waals surface area contributed by atoms with Crippen molar-refractivity contribution in [2.24, 2.45) is 0 Å². The highest BCUT2D eigenvalue weighted by atomic mass is 31.1. The first-order valence-electron chi connectivity index (χ1n) is 12.6. The van der Waals surface area contributed by atoms with Gasteiger partial charge in [-0.15, -0.1) is 8.58 Å². The van der Waals surface area contributed by atoms with Crippen LogP contribution in [0.3, 0.4) is 0 Å². The van der Waals surface area contributed by atoms with Gasteiger partial charge in [0.2, 0.25) is 0 Å². The maximum Gasteiger partial charge on any atom is 0.169 e. The van der Waals surface area contributed by atoms with Crippen LogP contribution in [-0.2, 0) is 9.47 Å². The van der Waals surface area contributed by atoms with E-state index in [4.69, 9.17) is 9.47 Å². The minimum Gasteiger partial charge on any atom is -0.350 e. The fourth-order valence-electron chi connectivity index (χ4n) is 5.27. The first-order valence-corrected chi connectivity index (χ1v) is 14.0. The van der Waals surface area contributed by atoms with Crippen molar-refractivity contribution in [2.45, 2.75) is 90.4 Å². The van der Waals surface area contributed by atoms with Crippen molar-refractivity contribution in [3.05, 3.63) is 58.7 Å². The molecule has 0 amide bonds. The van der Waals surface area contributed by atoms with Crippen LogP contribution in [-0.4, -0.2) is 24.7 Å². The van der Waals surface area contributed by atoms with E-state index >= 15 is 0 Å². The molecule has 1 spiro atoms. The van der Waals surface area contributed by atoms with Crippen molar-refractivity contribution in [1.29, 1.82) is 0 Å². The molecule has 1 unspecified atom stereocenters. The Morgan fingerprint density at radius 3 is 2.09 bits per heavy atom. The van der Waals surface area contributed by atoms with Crippen molar-refractivity contribution in [2.75, 3.05) is 18.9 Å². The lowest BCUT2D eigenvalue weighted by molar-refractivity contribution is -0.298. The summed E-state index contributed by atoms with van der Waals surface area (Å²) < 4.78 is 13.1. The molecule has 2 aliphatic heterocycles. The number of benzene rings is 2. The molecule has 2 nitrogen and oxygen atoms in total. The molecule has 2 aromatic carbocycles. The van der Waals surface area contributed by atoms with Gasteiger partial charge in [0.25, 0.3) is 0 Å². The third-order valence-electron chi connectivity index (χ3n) is 7.18. The van der Waals surface area contributed by atoms with Crippen molar-refractivity contribution < 1.29 is 9.47 Å². The fourth-order valence-corrected chi connectivity index (χ4v) is 6.63. The minimum atomic E-state index is -0.357. The van der Waals surface area contributed by atoms with Gasteiger partial charge in [0.05, 0.1) is 12.7 Å². The summed E-state index contributed by atoms with van der Waals surface area (Å²) in [5.41, 5.74) is 8.51. The van der Waals surface area contributed by atoms with Gasteiger partial charge in [-0.1, -0.05) is 77.9 Å². The van der Waals surface area contributed by atoms with E-state index in [-0.39, 0.29) is 11.9 Å². The molecule has 2 aliphatic rings. The highest BCUT2D eigenvalue weighted by Gasteiger charge is 2.40. The van der Waals surface area contributed by atoms with Gasteiger partial charge in [0, 0.05) is 19.3 Å². The lowest BCUT2D eigenvalue weighted by Gasteiger charge is -2.44. The summed E-state index contributed by atoms with van der Waals surface area (Å²) in [6, 6.07) is 13.9. The van der Waals surface area contributed by atoms with Crippen LogP contribution in [0.5, 0.6) is 0 Å². The molecular weight excluding hydrogens is 411 g/mol. The average Bonchev–Trinajstić information content (AvgIpc) is 2.78. The average molecular weight is 453 g/mol. The molecule has 0 radical (unpaired) electrons. The van der Waals surface area contributed by atoms with Crippen LogP contribution in [0.15, 0.2) is 36.4 Å². The Labute approximate surface area is 197 Å². The van der Waals surface area contributed by atoms with Gasteiger partial charge in [0.1, 0.15) is 0 Å². The van der Waals surface area contributed by atoms with E-state index in [1.54, 1.807) is 0 Å². The van der Waals surface area contributed by atoms with E-state index in [9.17, 15) is 0 Å². The van der Waals surface area contributed by atoms with Gasteiger partial charge in [0.15, 0.2) is 5.79 Å². The predicted molar refractivity (Wildman–Crippen MR) is 139 cm³/mol. The van der Waals surface area contributed by atoms with Gasteiger partial charge in [-0.25, -0.2) is 0 Å². The van der Waals surface area contributed by atoms with E-state index in [0.717, 1.165) is 34.5 Å². The molecule has 0 aromatic heterocycles. The van der Waals surface area contributed by atoms with Crippen LogP contribution in [0.2, 0.25) is 0 Å². The molecule has 4 rings (SSSR count). The Morgan fingerprint density at radius 2 is 1.50 bits per heavy atom. The molecule has 0 aliphatic carbocycles. The topological polar surface area (TPSA) is 18.5 Å². The zero-order valence-corrected chi connectivity index (χ0v) is 21.8. The molecule has 174 valence electrons. The van der Waals surface area contributed by atoms with Gasteiger partial charge < -0.3 is 9.47 Å².